The van der Waals surface area contributed by atoms with Crippen LogP contribution in [-0.4, -0.2) is 36.8 Å². The first-order chi connectivity index (χ1) is 9.82. The largest absolute Gasteiger partial charge is 0.328 e. The third kappa shape index (κ3) is 3.39. The van der Waals surface area contributed by atoms with Gasteiger partial charge in [-0.2, -0.15) is 4.31 Å². The SMILES string of the molecule is C[C@@H](N)[C@@H]1CCCN(S(=O)(=O)c2ccc([N+](=O)[O-])cc2)C1. The summed E-state index contributed by atoms with van der Waals surface area (Å²) in [6.45, 7) is 2.74. The molecule has 0 unspecified atom stereocenters. The molecule has 1 aromatic carbocycles. The minimum absolute atomic E-state index is 0.0557. The standard InChI is InChI=1S/C13H19N3O4S/c1-10(14)11-3-2-8-15(9-11)21(19,20)13-6-4-12(5-7-13)16(17)18/h4-7,10-11H,2-3,8-9,14H2,1H3/t10-,11-/m1/s1. The Labute approximate surface area is 123 Å². The second kappa shape index (κ2) is 6.08. The van der Waals surface area contributed by atoms with E-state index in [4.69, 9.17) is 5.73 Å². The molecule has 116 valence electrons. The van der Waals surface area contributed by atoms with E-state index >= 15 is 0 Å². The van der Waals surface area contributed by atoms with Crippen LogP contribution in [0.1, 0.15) is 19.8 Å². The molecule has 2 rings (SSSR count). The molecule has 0 aliphatic carbocycles. The fourth-order valence-electron chi connectivity index (χ4n) is 2.51. The van der Waals surface area contributed by atoms with Crippen LogP contribution in [0.15, 0.2) is 29.2 Å². The van der Waals surface area contributed by atoms with Crippen molar-refractivity contribution >= 4 is 15.7 Å². The molecule has 21 heavy (non-hydrogen) atoms. The van der Waals surface area contributed by atoms with E-state index in [1.165, 1.54) is 28.6 Å². The van der Waals surface area contributed by atoms with Crippen LogP contribution in [0.4, 0.5) is 5.69 Å². The van der Waals surface area contributed by atoms with Gasteiger partial charge in [0.05, 0.1) is 9.82 Å². The van der Waals surface area contributed by atoms with Crippen molar-refractivity contribution in [2.24, 2.45) is 11.7 Å². The summed E-state index contributed by atoms with van der Waals surface area (Å²) in [6, 6.07) is 4.92. The van der Waals surface area contributed by atoms with E-state index in [0.29, 0.717) is 13.1 Å². The van der Waals surface area contributed by atoms with E-state index in [1.807, 2.05) is 6.92 Å². The highest BCUT2D eigenvalue weighted by atomic mass is 32.2. The van der Waals surface area contributed by atoms with Crippen LogP contribution in [-0.2, 0) is 10.0 Å². The Hall–Kier alpha value is -1.51. The Morgan fingerprint density at radius 2 is 2.00 bits per heavy atom. The van der Waals surface area contributed by atoms with Gasteiger partial charge in [0.1, 0.15) is 0 Å². The van der Waals surface area contributed by atoms with Gasteiger partial charge in [0.15, 0.2) is 0 Å². The number of hydrogen-bond acceptors (Lipinski definition) is 5. The predicted octanol–water partition coefficient (Wildman–Crippen LogP) is 1.34. The van der Waals surface area contributed by atoms with Crippen LogP contribution in [0.5, 0.6) is 0 Å². The number of nitro groups is 1. The highest BCUT2D eigenvalue weighted by molar-refractivity contribution is 7.89. The lowest BCUT2D eigenvalue weighted by atomic mass is 9.93. The van der Waals surface area contributed by atoms with Gasteiger partial charge in [-0.3, -0.25) is 10.1 Å². The van der Waals surface area contributed by atoms with Gasteiger partial charge >= 0.3 is 0 Å². The quantitative estimate of drug-likeness (QED) is 0.667. The average molecular weight is 313 g/mol. The lowest BCUT2D eigenvalue weighted by Crippen LogP contribution is -2.44. The fraction of sp³-hybridized carbons (Fsp3) is 0.538. The Balaban J connectivity index is 2.22. The van der Waals surface area contributed by atoms with E-state index in [2.05, 4.69) is 0 Å². The molecule has 0 saturated carbocycles. The Morgan fingerprint density at radius 1 is 1.38 bits per heavy atom. The predicted molar refractivity (Wildman–Crippen MR) is 78.2 cm³/mol. The molecule has 0 bridgehead atoms. The first-order valence-electron chi connectivity index (χ1n) is 6.82. The van der Waals surface area contributed by atoms with Gasteiger partial charge in [-0.25, -0.2) is 8.42 Å². The van der Waals surface area contributed by atoms with E-state index in [1.54, 1.807) is 0 Å². The maximum atomic E-state index is 12.6. The number of piperidine rings is 1. The van der Waals surface area contributed by atoms with Crippen molar-refractivity contribution in [3.8, 4) is 0 Å². The number of benzene rings is 1. The molecule has 1 fully saturated rings. The van der Waals surface area contributed by atoms with Crippen molar-refractivity contribution in [1.82, 2.24) is 4.31 Å². The molecule has 7 nitrogen and oxygen atoms in total. The molecule has 2 N–H and O–H groups in total. The summed E-state index contributed by atoms with van der Waals surface area (Å²) in [6.07, 6.45) is 1.70. The summed E-state index contributed by atoms with van der Waals surface area (Å²) in [7, 11) is -3.62. The van der Waals surface area contributed by atoms with Gasteiger partial charge < -0.3 is 5.73 Å². The Bertz CT molecular complexity index is 613. The van der Waals surface area contributed by atoms with E-state index < -0.39 is 14.9 Å². The topological polar surface area (TPSA) is 107 Å². The van der Waals surface area contributed by atoms with Crippen LogP contribution in [0.2, 0.25) is 0 Å². The molecule has 1 aliphatic heterocycles. The van der Waals surface area contributed by atoms with Crippen LogP contribution in [0.25, 0.3) is 0 Å². The van der Waals surface area contributed by atoms with Gasteiger partial charge in [0.2, 0.25) is 10.0 Å². The number of nitrogens with two attached hydrogens (primary N) is 1. The number of rotatable bonds is 4. The highest BCUT2D eigenvalue weighted by Gasteiger charge is 2.31. The molecule has 0 spiro atoms. The molecule has 1 heterocycles. The Kier molecular flexibility index (Phi) is 4.60. The van der Waals surface area contributed by atoms with E-state index in [-0.39, 0.29) is 22.5 Å². The maximum Gasteiger partial charge on any atom is 0.269 e. The highest BCUT2D eigenvalue weighted by Crippen LogP contribution is 2.26. The fourth-order valence-corrected chi connectivity index (χ4v) is 4.05. The second-order valence-corrected chi connectivity index (χ2v) is 7.31. The van der Waals surface area contributed by atoms with Crippen molar-refractivity contribution in [1.29, 1.82) is 0 Å². The zero-order valence-electron chi connectivity index (χ0n) is 11.8. The molecule has 8 heteroatoms. The smallest absolute Gasteiger partial charge is 0.269 e. The maximum absolute atomic E-state index is 12.6. The molecule has 0 amide bonds. The monoisotopic (exact) mass is 313 g/mol. The third-order valence-electron chi connectivity index (χ3n) is 3.85. The van der Waals surface area contributed by atoms with Crippen molar-refractivity contribution in [3.05, 3.63) is 34.4 Å². The van der Waals surface area contributed by atoms with Crippen LogP contribution in [0.3, 0.4) is 0 Å². The van der Waals surface area contributed by atoms with Gasteiger partial charge in [0, 0.05) is 31.3 Å². The summed E-state index contributed by atoms with van der Waals surface area (Å²) in [4.78, 5) is 10.1. The summed E-state index contributed by atoms with van der Waals surface area (Å²) in [5, 5.41) is 10.6. The van der Waals surface area contributed by atoms with Crippen LogP contribution < -0.4 is 5.73 Å². The van der Waals surface area contributed by atoms with Crippen LogP contribution >= 0.6 is 0 Å². The number of nitro benzene ring substituents is 1. The Morgan fingerprint density at radius 3 is 2.52 bits per heavy atom. The lowest BCUT2D eigenvalue weighted by Gasteiger charge is -2.33. The normalized spacial score (nSPS) is 21.9. The molecular weight excluding hydrogens is 294 g/mol. The first kappa shape index (κ1) is 15.9. The molecule has 0 radical (unpaired) electrons. The zero-order valence-corrected chi connectivity index (χ0v) is 12.6. The van der Waals surface area contributed by atoms with Crippen molar-refractivity contribution in [3.63, 3.8) is 0 Å². The van der Waals surface area contributed by atoms with Crippen molar-refractivity contribution < 1.29 is 13.3 Å². The second-order valence-electron chi connectivity index (χ2n) is 5.38. The summed E-state index contributed by atoms with van der Waals surface area (Å²) in [5.41, 5.74) is 5.74. The van der Waals surface area contributed by atoms with Gasteiger partial charge in [0.25, 0.3) is 5.69 Å². The third-order valence-corrected chi connectivity index (χ3v) is 5.73. The van der Waals surface area contributed by atoms with Crippen LogP contribution in [0, 0.1) is 16.0 Å². The molecule has 2 atom stereocenters. The number of nitrogens with zero attached hydrogens (tertiary/aromatic N) is 2. The molecule has 1 aliphatic rings. The van der Waals surface area contributed by atoms with Crippen molar-refractivity contribution in [2.45, 2.75) is 30.7 Å². The molecule has 1 aromatic rings. The summed E-state index contributed by atoms with van der Waals surface area (Å²) < 4.78 is 26.5. The summed E-state index contributed by atoms with van der Waals surface area (Å²) in [5.74, 6) is 0.145. The van der Waals surface area contributed by atoms with E-state index in [0.717, 1.165) is 12.8 Å². The first-order valence-corrected chi connectivity index (χ1v) is 8.26. The zero-order chi connectivity index (χ0) is 15.6. The minimum Gasteiger partial charge on any atom is -0.328 e. The van der Waals surface area contributed by atoms with E-state index in [9.17, 15) is 18.5 Å². The number of sulfonamides is 1. The minimum atomic E-state index is -3.62. The van der Waals surface area contributed by atoms with Crippen molar-refractivity contribution in [2.75, 3.05) is 13.1 Å². The number of non-ortho nitro benzene ring substituents is 1. The summed E-state index contributed by atoms with van der Waals surface area (Å²) >= 11 is 0. The lowest BCUT2D eigenvalue weighted by molar-refractivity contribution is -0.384. The van der Waals surface area contributed by atoms with Gasteiger partial charge in [-0.15, -0.1) is 0 Å². The number of hydrogen-bond donors (Lipinski definition) is 1. The average Bonchev–Trinajstić information content (AvgIpc) is 2.47. The van der Waals surface area contributed by atoms with Gasteiger partial charge in [-0.1, -0.05) is 0 Å². The van der Waals surface area contributed by atoms with Gasteiger partial charge in [-0.05, 0) is 37.8 Å². The molecule has 0 aromatic heterocycles. The molecular formula is C13H19N3O4S. The molecule has 1 saturated heterocycles.